The fourth-order valence-corrected chi connectivity index (χ4v) is 2.41. The minimum atomic E-state index is 0.249. The molecule has 2 heteroatoms. The predicted octanol–water partition coefficient (Wildman–Crippen LogP) is 5.29. The summed E-state index contributed by atoms with van der Waals surface area (Å²) < 4.78 is 0. The zero-order valence-corrected chi connectivity index (χ0v) is 13.1. The number of unbranched alkanes of at least 4 members (excludes halogenated alkanes) is 7. The number of carbonyl (C=O) groups excluding carboxylic acids is 1. The first-order valence-corrected chi connectivity index (χ1v) is 8.04. The van der Waals surface area contributed by atoms with Crippen LogP contribution in [0.3, 0.4) is 0 Å². The molecule has 0 saturated carbocycles. The number of ketones is 1. The highest BCUT2D eigenvalue weighted by atomic mass is 16.1. The number of rotatable bonds is 10. The van der Waals surface area contributed by atoms with Gasteiger partial charge in [0.2, 0.25) is 0 Å². The summed E-state index contributed by atoms with van der Waals surface area (Å²) in [5, 5.41) is 0. The summed E-state index contributed by atoms with van der Waals surface area (Å²) in [7, 11) is 0. The van der Waals surface area contributed by atoms with Gasteiger partial charge in [0.25, 0.3) is 0 Å². The molecule has 0 amide bonds. The quantitative estimate of drug-likeness (QED) is 0.358. The lowest BCUT2D eigenvalue weighted by atomic mass is 10.0. The molecule has 0 atom stereocenters. The molecule has 0 fully saturated rings. The van der Waals surface area contributed by atoms with E-state index in [2.05, 4.69) is 6.92 Å². The van der Waals surface area contributed by atoms with Gasteiger partial charge in [-0.25, -0.2) is 0 Å². The molecule has 1 rings (SSSR count). The maximum absolute atomic E-state index is 12.0. The van der Waals surface area contributed by atoms with Crippen molar-refractivity contribution >= 4 is 11.5 Å². The van der Waals surface area contributed by atoms with E-state index in [1.807, 2.05) is 25.1 Å². The van der Waals surface area contributed by atoms with Crippen LogP contribution in [-0.4, -0.2) is 5.78 Å². The first-order valence-electron chi connectivity index (χ1n) is 8.04. The van der Waals surface area contributed by atoms with E-state index in [1.165, 1.54) is 44.9 Å². The molecule has 0 bridgehead atoms. The van der Waals surface area contributed by atoms with Gasteiger partial charge >= 0.3 is 0 Å². The van der Waals surface area contributed by atoms with Gasteiger partial charge in [-0.15, -0.1) is 0 Å². The van der Waals surface area contributed by atoms with E-state index in [4.69, 9.17) is 5.73 Å². The Hall–Kier alpha value is -1.31. The first kappa shape index (κ1) is 16.7. The highest BCUT2D eigenvalue weighted by molar-refractivity contribution is 5.96. The molecule has 0 unspecified atom stereocenters. The van der Waals surface area contributed by atoms with Crippen molar-refractivity contribution in [2.24, 2.45) is 0 Å². The Morgan fingerprint density at radius 1 is 1.00 bits per heavy atom. The summed E-state index contributed by atoms with van der Waals surface area (Å²) in [5.41, 5.74) is 8.32. The number of aryl methyl sites for hydroxylation is 1. The Morgan fingerprint density at radius 3 is 2.20 bits per heavy atom. The molecule has 2 N–H and O–H groups in total. The summed E-state index contributed by atoms with van der Waals surface area (Å²) in [5.74, 6) is 0.249. The Balaban J connectivity index is 2.15. The second kappa shape index (κ2) is 9.57. The highest BCUT2D eigenvalue weighted by Gasteiger charge is 2.06. The lowest BCUT2D eigenvalue weighted by Crippen LogP contribution is -2.00. The number of nitrogen functional groups attached to an aromatic ring is 1. The second-order valence-corrected chi connectivity index (χ2v) is 5.72. The van der Waals surface area contributed by atoms with Crippen molar-refractivity contribution < 1.29 is 4.79 Å². The number of nitrogens with two attached hydrogens (primary N) is 1. The molecule has 20 heavy (non-hydrogen) atoms. The molecule has 2 nitrogen and oxygen atoms in total. The van der Waals surface area contributed by atoms with Gasteiger partial charge in [0, 0.05) is 17.7 Å². The predicted molar refractivity (Wildman–Crippen MR) is 87.1 cm³/mol. The standard InChI is InChI=1S/C18H29NO/c1-3-4-5-6-7-8-9-10-11-18(20)16-12-13-17(19)15(2)14-16/h12-14H,3-11,19H2,1-2H3. The first-order chi connectivity index (χ1) is 9.65. The maximum Gasteiger partial charge on any atom is 0.162 e. The van der Waals surface area contributed by atoms with Gasteiger partial charge in [0.05, 0.1) is 0 Å². The van der Waals surface area contributed by atoms with Gasteiger partial charge in [-0.1, -0.05) is 51.9 Å². The molecule has 0 saturated heterocycles. The maximum atomic E-state index is 12.0. The minimum absolute atomic E-state index is 0.249. The molecule has 112 valence electrons. The van der Waals surface area contributed by atoms with Crippen LogP contribution in [0.15, 0.2) is 18.2 Å². The van der Waals surface area contributed by atoms with E-state index in [1.54, 1.807) is 0 Å². The number of carbonyl (C=O) groups is 1. The van der Waals surface area contributed by atoms with Crippen molar-refractivity contribution in [2.75, 3.05) is 5.73 Å². The van der Waals surface area contributed by atoms with Gasteiger partial charge in [0.1, 0.15) is 0 Å². The zero-order chi connectivity index (χ0) is 14.8. The van der Waals surface area contributed by atoms with Crippen LogP contribution in [0.1, 0.15) is 80.6 Å². The van der Waals surface area contributed by atoms with Crippen molar-refractivity contribution in [1.29, 1.82) is 0 Å². The van der Waals surface area contributed by atoms with E-state index in [9.17, 15) is 4.79 Å². The average molecular weight is 275 g/mol. The molecule has 0 aliphatic carbocycles. The normalized spacial score (nSPS) is 10.7. The topological polar surface area (TPSA) is 43.1 Å². The summed E-state index contributed by atoms with van der Waals surface area (Å²) >= 11 is 0. The fraction of sp³-hybridized carbons (Fsp3) is 0.611. The smallest absolute Gasteiger partial charge is 0.162 e. The van der Waals surface area contributed by atoms with E-state index in [-0.39, 0.29) is 5.78 Å². The molecular formula is C18H29NO. The Bertz CT molecular complexity index is 412. The monoisotopic (exact) mass is 275 g/mol. The van der Waals surface area contributed by atoms with Crippen LogP contribution < -0.4 is 5.73 Å². The number of Topliss-reactive ketones (excluding diaryl/α,β-unsaturated/α-hetero) is 1. The third-order valence-corrected chi connectivity index (χ3v) is 3.85. The molecule has 0 radical (unpaired) electrons. The van der Waals surface area contributed by atoms with Gasteiger partial charge in [-0.2, -0.15) is 0 Å². The molecule has 0 heterocycles. The van der Waals surface area contributed by atoms with Crippen LogP contribution >= 0.6 is 0 Å². The van der Waals surface area contributed by atoms with E-state index in [0.717, 1.165) is 23.2 Å². The van der Waals surface area contributed by atoms with E-state index >= 15 is 0 Å². The Labute approximate surface area is 123 Å². The number of hydrogen-bond acceptors (Lipinski definition) is 2. The lowest BCUT2D eigenvalue weighted by Gasteiger charge is -2.05. The van der Waals surface area contributed by atoms with Gasteiger partial charge in [-0.05, 0) is 37.1 Å². The summed E-state index contributed by atoms with van der Waals surface area (Å²) in [4.78, 5) is 12.0. The number of hydrogen-bond donors (Lipinski definition) is 1. The largest absolute Gasteiger partial charge is 0.399 e. The van der Waals surface area contributed by atoms with Crippen LogP contribution in [0.5, 0.6) is 0 Å². The second-order valence-electron chi connectivity index (χ2n) is 5.72. The zero-order valence-electron chi connectivity index (χ0n) is 13.1. The molecule has 0 aromatic heterocycles. The fourth-order valence-electron chi connectivity index (χ4n) is 2.41. The van der Waals surface area contributed by atoms with Crippen molar-refractivity contribution in [1.82, 2.24) is 0 Å². The molecule has 0 aliphatic heterocycles. The van der Waals surface area contributed by atoms with E-state index < -0.39 is 0 Å². The Morgan fingerprint density at radius 2 is 1.60 bits per heavy atom. The van der Waals surface area contributed by atoms with Crippen LogP contribution in [0.4, 0.5) is 5.69 Å². The minimum Gasteiger partial charge on any atom is -0.399 e. The molecule has 0 aliphatic rings. The van der Waals surface area contributed by atoms with Gasteiger partial charge < -0.3 is 5.73 Å². The van der Waals surface area contributed by atoms with Crippen molar-refractivity contribution in [3.05, 3.63) is 29.3 Å². The van der Waals surface area contributed by atoms with Crippen molar-refractivity contribution in [3.8, 4) is 0 Å². The summed E-state index contributed by atoms with van der Waals surface area (Å²) in [6.07, 6.45) is 10.8. The van der Waals surface area contributed by atoms with E-state index in [0.29, 0.717) is 6.42 Å². The SMILES string of the molecule is CCCCCCCCCCC(=O)c1ccc(N)c(C)c1. The molecular weight excluding hydrogens is 246 g/mol. The molecule has 0 spiro atoms. The third kappa shape index (κ3) is 6.23. The third-order valence-electron chi connectivity index (χ3n) is 3.85. The molecule has 1 aromatic rings. The van der Waals surface area contributed by atoms with Gasteiger partial charge in [-0.3, -0.25) is 4.79 Å². The number of benzene rings is 1. The average Bonchev–Trinajstić information content (AvgIpc) is 2.44. The van der Waals surface area contributed by atoms with Crippen molar-refractivity contribution in [3.63, 3.8) is 0 Å². The number of anilines is 1. The summed E-state index contributed by atoms with van der Waals surface area (Å²) in [6, 6.07) is 5.58. The Kier molecular flexibility index (Phi) is 8.01. The lowest BCUT2D eigenvalue weighted by molar-refractivity contribution is 0.0979. The van der Waals surface area contributed by atoms with Gasteiger partial charge in [0.15, 0.2) is 5.78 Å². The van der Waals surface area contributed by atoms with Crippen LogP contribution in [0.25, 0.3) is 0 Å². The van der Waals surface area contributed by atoms with Crippen molar-refractivity contribution in [2.45, 2.75) is 71.6 Å². The summed E-state index contributed by atoms with van der Waals surface area (Å²) in [6.45, 7) is 4.19. The van der Waals surface area contributed by atoms with Crippen LogP contribution in [-0.2, 0) is 0 Å². The highest BCUT2D eigenvalue weighted by Crippen LogP contribution is 2.16. The van der Waals surface area contributed by atoms with Crippen LogP contribution in [0, 0.1) is 6.92 Å². The molecule has 1 aromatic carbocycles. The van der Waals surface area contributed by atoms with Crippen LogP contribution in [0.2, 0.25) is 0 Å².